The fraction of sp³-hybridized carbons (Fsp3) is 0.250. The van der Waals surface area contributed by atoms with Crippen LogP contribution in [-0.2, 0) is 6.54 Å². The van der Waals surface area contributed by atoms with E-state index in [-0.39, 0.29) is 11.9 Å². The molecular formula is C20H23N5O. The van der Waals surface area contributed by atoms with E-state index in [0.717, 1.165) is 17.7 Å². The van der Waals surface area contributed by atoms with E-state index in [1.807, 2.05) is 49.5 Å². The number of aromatic amines is 1. The first-order valence-corrected chi connectivity index (χ1v) is 8.65. The second-order valence-electron chi connectivity index (χ2n) is 6.31. The van der Waals surface area contributed by atoms with Crippen LogP contribution in [0.2, 0.25) is 0 Å². The van der Waals surface area contributed by atoms with Gasteiger partial charge in [-0.3, -0.25) is 9.78 Å². The second kappa shape index (κ2) is 8.40. The molecule has 26 heavy (non-hydrogen) atoms. The number of imidazole rings is 1. The fourth-order valence-corrected chi connectivity index (χ4v) is 2.56. The minimum absolute atomic E-state index is 0.134. The number of carbonyl (C=O) groups is 1. The molecule has 2 aromatic heterocycles. The minimum atomic E-state index is -0.161. The van der Waals surface area contributed by atoms with Crippen LogP contribution in [0.25, 0.3) is 11.4 Å². The number of nitrogens with zero attached hydrogens (tertiary/aromatic N) is 2. The van der Waals surface area contributed by atoms with E-state index in [0.29, 0.717) is 18.1 Å². The van der Waals surface area contributed by atoms with Gasteiger partial charge in [0.1, 0.15) is 11.5 Å². The van der Waals surface area contributed by atoms with E-state index < -0.39 is 0 Å². The van der Waals surface area contributed by atoms with Crippen molar-refractivity contribution in [1.29, 1.82) is 0 Å². The largest absolute Gasteiger partial charge is 0.349 e. The summed E-state index contributed by atoms with van der Waals surface area (Å²) in [7, 11) is 0. The smallest absolute Gasteiger partial charge is 0.269 e. The van der Waals surface area contributed by atoms with E-state index in [9.17, 15) is 4.79 Å². The maximum Gasteiger partial charge on any atom is 0.269 e. The molecular weight excluding hydrogens is 326 g/mol. The maximum atomic E-state index is 12.3. The Balaban J connectivity index is 1.49. The molecule has 3 aromatic rings. The summed E-state index contributed by atoms with van der Waals surface area (Å²) >= 11 is 0. The van der Waals surface area contributed by atoms with Crippen molar-refractivity contribution < 1.29 is 4.79 Å². The molecule has 1 atom stereocenters. The van der Waals surface area contributed by atoms with E-state index in [4.69, 9.17) is 0 Å². The highest BCUT2D eigenvalue weighted by molar-refractivity contribution is 5.92. The van der Waals surface area contributed by atoms with Crippen molar-refractivity contribution in [3.63, 3.8) is 0 Å². The van der Waals surface area contributed by atoms with Crippen molar-refractivity contribution in [1.82, 2.24) is 25.6 Å². The van der Waals surface area contributed by atoms with Crippen LogP contribution in [0, 0.1) is 6.92 Å². The van der Waals surface area contributed by atoms with Crippen LogP contribution in [0.15, 0.2) is 55.0 Å². The number of benzene rings is 1. The highest BCUT2D eigenvalue weighted by Crippen LogP contribution is 2.14. The monoisotopic (exact) mass is 349 g/mol. The summed E-state index contributed by atoms with van der Waals surface area (Å²) in [5.41, 5.74) is 3.77. The number of hydrogen-bond acceptors (Lipinski definition) is 4. The average molecular weight is 349 g/mol. The Morgan fingerprint density at radius 3 is 2.77 bits per heavy atom. The minimum Gasteiger partial charge on any atom is -0.349 e. The Bertz CT molecular complexity index is 859. The quantitative estimate of drug-likeness (QED) is 0.612. The molecule has 1 amide bonds. The van der Waals surface area contributed by atoms with Gasteiger partial charge in [0.15, 0.2) is 0 Å². The zero-order valence-corrected chi connectivity index (χ0v) is 15.0. The van der Waals surface area contributed by atoms with Crippen LogP contribution >= 0.6 is 0 Å². The summed E-state index contributed by atoms with van der Waals surface area (Å²) in [5, 5.41) is 6.32. The van der Waals surface area contributed by atoms with E-state index >= 15 is 0 Å². The average Bonchev–Trinajstić information content (AvgIpc) is 3.16. The Morgan fingerprint density at radius 2 is 2.00 bits per heavy atom. The summed E-state index contributed by atoms with van der Waals surface area (Å²) in [4.78, 5) is 23.8. The van der Waals surface area contributed by atoms with E-state index in [1.165, 1.54) is 5.56 Å². The molecule has 0 aliphatic rings. The summed E-state index contributed by atoms with van der Waals surface area (Å²) in [6.07, 6.45) is 5.22. The number of hydrogen-bond donors (Lipinski definition) is 3. The van der Waals surface area contributed by atoms with Gasteiger partial charge in [0.2, 0.25) is 0 Å². The van der Waals surface area contributed by atoms with Crippen LogP contribution in [-0.4, -0.2) is 33.4 Å². The summed E-state index contributed by atoms with van der Waals surface area (Å²) in [6.45, 7) is 5.35. The lowest BCUT2D eigenvalue weighted by atomic mass is 10.1. The molecule has 2 heterocycles. The van der Waals surface area contributed by atoms with Crippen LogP contribution < -0.4 is 10.6 Å². The number of amides is 1. The molecule has 3 rings (SSSR count). The topological polar surface area (TPSA) is 82.7 Å². The number of rotatable bonds is 7. The van der Waals surface area contributed by atoms with Crippen molar-refractivity contribution >= 4 is 5.91 Å². The molecule has 0 bridgehead atoms. The van der Waals surface area contributed by atoms with Gasteiger partial charge in [-0.25, -0.2) is 4.98 Å². The van der Waals surface area contributed by atoms with Crippen LogP contribution in [0.4, 0.5) is 0 Å². The molecule has 1 unspecified atom stereocenters. The fourth-order valence-electron chi connectivity index (χ4n) is 2.56. The number of aromatic nitrogens is 3. The van der Waals surface area contributed by atoms with Gasteiger partial charge in [0.05, 0.1) is 6.20 Å². The molecule has 134 valence electrons. The molecule has 0 aliphatic heterocycles. The normalized spacial score (nSPS) is 11.9. The summed E-state index contributed by atoms with van der Waals surface area (Å²) < 4.78 is 0. The molecule has 0 spiro atoms. The molecule has 6 nitrogen and oxygen atoms in total. The van der Waals surface area contributed by atoms with Crippen LogP contribution in [0.5, 0.6) is 0 Å². The molecule has 0 saturated carbocycles. The van der Waals surface area contributed by atoms with Gasteiger partial charge in [0, 0.05) is 37.1 Å². The third-order valence-corrected chi connectivity index (χ3v) is 4.22. The van der Waals surface area contributed by atoms with Crippen LogP contribution in [0.1, 0.15) is 28.5 Å². The molecule has 0 radical (unpaired) electrons. The summed E-state index contributed by atoms with van der Waals surface area (Å²) in [6, 6.07) is 11.9. The molecule has 3 N–H and O–H groups in total. The predicted molar refractivity (Wildman–Crippen MR) is 102 cm³/mol. The zero-order chi connectivity index (χ0) is 18.4. The van der Waals surface area contributed by atoms with Gasteiger partial charge in [-0.1, -0.05) is 30.3 Å². The van der Waals surface area contributed by atoms with Crippen molar-refractivity contribution in [3.8, 4) is 11.4 Å². The van der Waals surface area contributed by atoms with Gasteiger partial charge in [-0.05, 0) is 31.0 Å². The SMILES string of the molecule is Cc1ccncc1CNC(C)CNC(=O)c1cnc(-c2ccccc2)[nH]1. The number of aryl methyl sites for hydroxylation is 1. The van der Waals surface area contributed by atoms with Gasteiger partial charge in [-0.2, -0.15) is 0 Å². The Morgan fingerprint density at radius 1 is 1.19 bits per heavy atom. The Kier molecular flexibility index (Phi) is 5.76. The first kappa shape index (κ1) is 17.8. The first-order valence-electron chi connectivity index (χ1n) is 8.65. The van der Waals surface area contributed by atoms with E-state index in [1.54, 1.807) is 12.4 Å². The molecule has 1 aromatic carbocycles. The van der Waals surface area contributed by atoms with Gasteiger partial charge in [-0.15, -0.1) is 0 Å². The second-order valence-corrected chi connectivity index (χ2v) is 6.31. The standard InChI is InChI=1S/C20H23N5O/c1-14-8-9-21-11-17(14)12-22-15(2)10-24-20(26)18-13-23-19(25-18)16-6-4-3-5-7-16/h3-9,11,13,15,22H,10,12H2,1-2H3,(H,23,25)(H,24,26). The lowest BCUT2D eigenvalue weighted by Crippen LogP contribution is -2.38. The molecule has 0 saturated heterocycles. The highest BCUT2D eigenvalue weighted by atomic mass is 16.1. The summed E-state index contributed by atoms with van der Waals surface area (Å²) in [5.74, 6) is 0.528. The number of pyridine rings is 1. The third kappa shape index (κ3) is 4.55. The lowest BCUT2D eigenvalue weighted by molar-refractivity contribution is 0.0945. The van der Waals surface area contributed by atoms with E-state index in [2.05, 4.69) is 32.5 Å². The first-order chi connectivity index (χ1) is 12.6. The number of carbonyl (C=O) groups excluding carboxylic acids is 1. The Hall–Kier alpha value is -2.99. The van der Waals surface area contributed by atoms with Crippen molar-refractivity contribution in [2.45, 2.75) is 26.4 Å². The van der Waals surface area contributed by atoms with Crippen molar-refractivity contribution in [2.75, 3.05) is 6.54 Å². The number of nitrogens with one attached hydrogen (secondary N) is 3. The molecule has 0 fully saturated rings. The van der Waals surface area contributed by atoms with Gasteiger partial charge >= 0.3 is 0 Å². The van der Waals surface area contributed by atoms with Crippen molar-refractivity contribution in [2.24, 2.45) is 0 Å². The number of H-pyrrole nitrogens is 1. The highest BCUT2D eigenvalue weighted by Gasteiger charge is 2.12. The molecule has 0 aliphatic carbocycles. The maximum absolute atomic E-state index is 12.3. The third-order valence-electron chi connectivity index (χ3n) is 4.22. The molecule has 6 heteroatoms. The lowest BCUT2D eigenvalue weighted by Gasteiger charge is -2.15. The zero-order valence-electron chi connectivity index (χ0n) is 15.0. The predicted octanol–water partition coefficient (Wildman–Crippen LogP) is 2.69. The van der Waals surface area contributed by atoms with Gasteiger partial charge < -0.3 is 15.6 Å². The van der Waals surface area contributed by atoms with Crippen LogP contribution in [0.3, 0.4) is 0 Å². The Labute approximate surface area is 153 Å². The van der Waals surface area contributed by atoms with Crippen molar-refractivity contribution in [3.05, 3.63) is 71.8 Å². The van der Waals surface area contributed by atoms with Gasteiger partial charge in [0.25, 0.3) is 5.91 Å².